The number of ether oxygens (including phenoxy) is 1. The summed E-state index contributed by atoms with van der Waals surface area (Å²) in [5.74, 6) is 0.445. The second-order valence-electron chi connectivity index (χ2n) is 8.03. The van der Waals surface area contributed by atoms with Crippen molar-refractivity contribution in [2.75, 3.05) is 11.9 Å². The molecule has 4 aromatic rings. The van der Waals surface area contributed by atoms with E-state index >= 15 is 0 Å². The molecule has 0 fully saturated rings. The quantitative estimate of drug-likeness (QED) is 0.206. The highest BCUT2D eigenvalue weighted by Crippen LogP contribution is 2.36. The van der Waals surface area contributed by atoms with E-state index in [1.54, 1.807) is 29.5 Å². The Bertz CT molecular complexity index is 1300. The minimum absolute atomic E-state index is 0.0789. The van der Waals surface area contributed by atoms with Crippen molar-refractivity contribution in [1.29, 1.82) is 0 Å². The third-order valence-electron chi connectivity index (χ3n) is 5.50. The molecule has 0 atom stereocenters. The van der Waals surface area contributed by atoms with E-state index in [0.29, 0.717) is 17.9 Å². The van der Waals surface area contributed by atoms with E-state index < -0.39 is 0 Å². The van der Waals surface area contributed by atoms with Gasteiger partial charge in [0.2, 0.25) is 5.91 Å². The number of anilines is 1. The topological polar surface area (TPSA) is 55.4 Å². The molecule has 0 bridgehead atoms. The van der Waals surface area contributed by atoms with Gasteiger partial charge in [-0.05, 0) is 63.8 Å². The summed E-state index contributed by atoms with van der Waals surface area (Å²) in [6.45, 7) is 2.46. The zero-order valence-electron chi connectivity index (χ0n) is 19.4. The van der Waals surface area contributed by atoms with Gasteiger partial charge < -0.3 is 10.1 Å². The molecular weight excluding hydrogens is 522 g/mol. The summed E-state index contributed by atoms with van der Waals surface area (Å²) < 4.78 is 6.23. The molecule has 0 radical (unpaired) electrons. The molecule has 1 N–H and O–H groups in total. The number of halogens is 1. The molecule has 4 rings (SSSR count). The van der Waals surface area contributed by atoms with Crippen molar-refractivity contribution in [2.45, 2.75) is 26.2 Å². The largest absolute Gasteiger partial charge is 0.493 e. The molecule has 0 aliphatic rings. The smallest absolute Gasteiger partial charge is 0.225 e. The van der Waals surface area contributed by atoms with E-state index in [0.717, 1.165) is 27.0 Å². The summed E-state index contributed by atoms with van der Waals surface area (Å²) in [6.07, 6.45) is 1.05. The van der Waals surface area contributed by atoms with Crippen molar-refractivity contribution in [1.82, 2.24) is 0 Å². The van der Waals surface area contributed by atoms with E-state index in [1.165, 1.54) is 10.4 Å². The van der Waals surface area contributed by atoms with Gasteiger partial charge in [-0.3, -0.25) is 9.59 Å². The summed E-state index contributed by atoms with van der Waals surface area (Å²) in [5, 5.41) is 3.79. The number of Topliss-reactive ketones (excluding diaryl/α,β-unsaturated/α-hetero) is 1. The second-order valence-corrected chi connectivity index (χ2v) is 10.0. The van der Waals surface area contributed by atoms with Gasteiger partial charge in [0.15, 0.2) is 5.78 Å². The highest BCUT2D eigenvalue weighted by atomic mass is 79.9. The number of hydrogen-bond acceptors (Lipinski definition) is 4. The normalized spacial score (nSPS) is 10.7. The van der Waals surface area contributed by atoms with Crippen LogP contribution in [0.5, 0.6) is 5.75 Å². The Morgan fingerprint density at radius 2 is 1.63 bits per heavy atom. The molecule has 0 aliphatic heterocycles. The molecule has 35 heavy (non-hydrogen) atoms. The fourth-order valence-corrected chi connectivity index (χ4v) is 5.41. The van der Waals surface area contributed by atoms with Crippen molar-refractivity contribution in [3.05, 3.63) is 105 Å². The molecule has 1 aromatic heterocycles. The van der Waals surface area contributed by atoms with Gasteiger partial charge in [-0.25, -0.2) is 0 Å². The average Bonchev–Trinajstić information content (AvgIpc) is 3.26. The van der Waals surface area contributed by atoms with Crippen molar-refractivity contribution < 1.29 is 14.3 Å². The van der Waals surface area contributed by atoms with Crippen LogP contribution < -0.4 is 10.1 Å². The van der Waals surface area contributed by atoms with Gasteiger partial charge in [-0.1, -0.05) is 60.7 Å². The first-order chi connectivity index (χ1) is 17.0. The number of carbonyl (C=O) groups is 2. The first-order valence-electron chi connectivity index (χ1n) is 11.5. The maximum Gasteiger partial charge on any atom is 0.225 e. The summed E-state index contributed by atoms with van der Waals surface area (Å²) in [6, 6.07) is 27.8. The molecule has 0 saturated heterocycles. The molecule has 4 nitrogen and oxygen atoms in total. The van der Waals surface area contributed by atoms with Crippen LogP contribution in [0, 0.1) is 0 Å². The SMILES string of the molecule is CCOc1ccc(C(=O)CCC(=O)Nc2cc(-c3ccccc3)c(Cc3ccccc3)s2)cc1Br. The van der Waals surface area contributed by atoms with Crippen LogP contribution in [0.15, 0.2) is 89.4 Å². The zero-order chi connectivity index (χ0) is 24.6. The number of nitrogens with one attached hydrogen (secondary N) is 1. The lowest BCUT2D eigenvalue weighted by molar-refractivity contribution is -0.116. The first kappa shape index (κ1) is 24.9. The van der Waals surface area contributed by atoms with Crippen molar-refractivity contribution >= 4 is 44.0 Å². The minimum Gasteiger partial charge on any atom is -0.493 e. The summed E-state index contributed by atoms with van der Waals surface area (Å²) in [4.78, 5) is 26.5. The Balaban J connectivity index is 1.43. The minimum atomic E-state index is -0.171. The fraction of sp³-hybridized carbons (Fsp3) is 0.172. The van der Waals surface area contributed by atoms with Crippen LogP contribution >= 0.6 is 27.3 Å². The maximum atomic E-state index is 12.7. The van der Waals surface area contributed by atoms with E-state index in [1.807, 2.05) is 49.4 Å². The highest BCUT2D eigenvalue weighted by Gasteiger charge is 2.15. The lowest BCUT2D eigenvalue weighted by atomic mass is 10.0. The Kier molecular flexibility index (Phi) is 8.50. The maximum absolute atomic E-state index is 12.7. The molecule has 178 valence electrons. The molecule has 1 amide bonds. The van der Waals surface area contributed by atoms with Crippen molar-refractivity contribution in [3.8, 4) is 16.9 Å². The van der Waals surface area contributed by atoms with Gasteiger partial charge >= 0.3 is 0 Å². The fourth-order valence-electron chi connectivity index (χ4n) is 3.78. The van der Waals surface area contributed by atoms with Gasteiger partial charge in [0.1, 0.15) is 5.75 Å². The van der Waals surface area contributed by atoms with Crippen LogP contribution in [0.25, 0.3) is 11.1 Å². The lowest BCUT2D eigenvalue weighted by Crippen LogP contribution is -2.12. The number of thiophene rings is 1. The highest BCUT2D eigenvalue weighted by molar-refractivity contribution is 9.10. The number of rotatable bonds is 10. The predicted molar refractivity (Wildman–Crippen MR) is 147 cm³/mol. The van der Waals surface area contributed by atoms with Crippen LogP contribution in [0.4, 0.5) is 5.00 Å². The van der Waals surface area contributed by atoms with Gasteiger partial charge in [0.05, 0.1) is 16.1 Å². The Labute approximate surface area is 218 Å². The van der Waals surface area contributed by atoms with Crippen LogP contribution in [0.2, 0.25) is 0 Å². The molecule has 1 heterocycles. The lowest BCUT2D eigenvalue weighted by Gasteiger charge is -2.07. The molecule has 0 spiro atoms. The molecule has 0 aliphatic carbocycles. The van der Waals surface area contributed by atoms with Gasteiger partial charge in [-0.2, -0.15) is 0 Å². The second kappa shape index (κ2) is 12.0. The Hall–Kier alpha value is -3.22. The third-order valence-corrected chi connectivity index (χ3v) is 7.17. The van der Waals surface area contributed by atoms with E-state index in [2.05, 4.69) is 45.5 Å². The third kappa shape index (κ3) is 6.68. The summed E-state index contributed by atoms with van der Waals surface area (Å²) in [7, 11) is 0. The summed E-state index contributed by atoms with van der Waals surface area (Å²) >= 11 is 5.02. The number of hydrogen-bond donors (Lipinski definition) is 1. The standard InChI is InChI=1S/C29H26BrNO3S/c1-2-34-26-15-13-22(18-24(26)30)25(32)14-16-28(33)31-29-19-23(21-11-7-4-8-12-21)27(35-29)17-20-9-5-3-6-10-20/h3-13,15,18-19H,2,14,16-17H2,1H3,(H,31,33). The van der Waals surface area contributed by atoms with Crippen LogP contribution in [-0.2, 0) is 11.2 Å². The number of benzene rings is 3. The van der Waals surface area contributed by atoms with E-state index in [4.69, 9.17) is 4.74 Å². The van der Waals surface area contributed by atoms with Crippen LogP contribution in [0.1, 0.15) is 40.6 Å². The van der Waals surface area contributed by atoms with Gasteiger partial charge in [0.25, 0.3) is 0 Å². The number of ketones is 1. The number of amides is 1. The zero-order valence-corrected chi connectivity index (χ0v) is 21.8. The van der Waals surface area contributed by atoms with E-state index in [-0.39, 0.29) is 24.5 Å². The molecule has 6 heteroatoms. The monoisotopic (exact) mass is 547 g/mol. The van der Waals surface area contributed by atoms with E-state index in [9.17, 15) is 9.59 Å². The molecule has 0 unspecified atom stereocenters. The van der Waals surface area contributed by atoms with Gasteiger partial charge in [-0.15, -0.1) is 11.3 Å². The van der Waals surface area contributed by atoms with Crippen molar-refractivity contribution in [3.63, 3.8) is 0 Å². The van der Waals surface area contributed by atoms with Crippen LogP contribution in [0.3, 0.4) is 0 Å². The van der Waals surface area contributed by atoms with Gasteiger partial charge in [0, 0.05) is 29.7 Å². The Morgan fingerprint density at radius 1 is 0.914 bits per heavy atom. The van der Waals surface area contributed by atoms with Crippen LogP contribution in [-0.4, -0.2) is 18.3 Å². The molecular formula is C29H26BrNO3S. The molecule has 3 aromatic carbocycles. The first-order valence-corrected chi connectivity index (χ1v) is 13.1. The Morgan fingerprint density at radius 3 is 2.31 bits per heavy atom. The number of carbonyl (C=O) groups excluding carboxylic acids is 2. The predicted octanol–water partition coefficient (Wildman–Crippen LogP) is 7.77. The molecule has 0 saturated carbocycles. The average molecular weight is 549 g/mol. The van der Waals surface area contributed by atoms with Crippen molar-refractivity contribution in [2.24, 2.45) is 0 Å². The summed E-state index contributed by atoms with van der Waals surface area (Å²) in [5.41, 5.74) is 4.01.